The second-order valence-corrected chi connectivity index (χ2v) is 22.0. The van der Waals surface area contributed by atoms with Gasteiger partial charge in [-0.05, 0) is 127 Å². The van der Waals surface area contributed by atoms with Gasteiger partial charge in [-0.1, -0.05) is 205 Å². The fourth-order valence-corrected chi connectivity index (χ4v) is 10.2. The van der Waals surface area contributed by atoms with Crippen molar-refractivity contribution in [2.24, 2.45) is 10.8 Å². The van der Waals surface area contributed by atoms with E-state index in [1.54, 1.807) is 0 Å². The van der Waals surface area contributed by atoms with Crippen molar-refractivity contribution in [2.75, 3.05) is 6.54 Å². The first-order valence-corrected chi connectivity index (χ1v) is 25.7. The van der Waals surface area contributed by atoms with Crippen LogP contribution in [0.15, 0.2) is 213 Å². The number of imidazole rings is 1. The molecule has 1 aliphatic heterocycles. The molecule has 72 heavy (non-hydrogen) atoms. The standard InChI is InChI=1S/C67H67N5/c1-66(2,3)46-71-40-38-69-64(71)55-27-23-48(24-28-55)19-21-50-42-51(22-20-49-25-29-56(30-26-49)65-70-39-41-72(65)47-67(4,5)6)44-58(43-50)59-16-10-11-17-60(59)61-36-35-57(63-18-12-13-37-68-63)45-62(61)54-33-31-53(32-34-54)52-14-8-7-9-15-52/h7-18,23-45,64,69H,19-22,46-47H2,1-6H3. The lowest BCUT2D eigenvalue weighted by atomic mass is 9.86. The summed E-state index contributed by atoms with van der Waals surface area (Å²) in [5, 5.41) is 3.58. The SMILES string of the molecule is CC(C)(C)CN1C=CNC1c1ccc(CCc2cc(CCc3ccc(-c4nccn4CC(C)(C)C)cc3)cc(-c3ccccc3-c3ccc(-c4ccccn4)cc3-c3ccc(-c4ccccc4)cc3)c2)cc1. The Bertz CT molecular complexity index is 3260. The summed E-state index contributed by atoms with van der Waals surface area (Å²) in [5.74, 6) is 1.02. The van der Waals surface area contributed by atoms with Crippen LogP contribution in [0.3, 0.4) is 0 Å². The van der Waals surface area contributed by atoms with Crippen LogP contribution >= 0.6 is 0 Å². The van der Waals surface area contributed by atoms with Crippen LogP contribution in [0, 0.1) is 10.8 Å². The van der Waals surface area contributed by atoms with E-state index in [2.05, 4.69) is 251 Å². The lowest BCUT2D eigenvalue weighted by molar-refractivity contribution is 0.201. The van der Waals surface area contributed by atoms with Crippen molar-refractivity contribution in [3.8, 4) is 67.2 Å². The summed E-state index contributed by atoms with van der Waals surface area (Å²) >= 11 is 0. The minimum absolute atomic E-state index is 0.158. The molecular weight excluding hydrogens is 875 g/mol. The van der Waals surface area contributed by atoms with E-state index in [1.165, 1.54) is 72.3 Å². The molecule has 9 aromatic rings. The normalized spacial score (nSPS) is 13.6. The van der Waals surface area contributed by atoms with Crippen LogP contribution in [0.2, 0.25) is 0 Å². The summed E-state index contributed by atoms with van der Waals surface area (Å²) < 4.78 is 2.28. The van der Waals surface area contributed by atoms with Gasteiger partial charge in [-0.3, -0.25) is 4.98 Å². The van der Waals surface area contributed by atoms with Crippen molar-refractivity contribution >= 4 is 0 Å². The zero-order valence-corrected chi connectivity index (χ0v) is 42.8. The molecule has 0 fully saturated rings. The third-order valence-electron chi connectivity index (χ3n) is 13.6. The van der Waals surface area contributed by atoms with Crippen LogP contribution < -0.4 is 5.32 Å². The van der Waals surface area contributed by atoms with Gasteiger partial charge in [0, 0.05) is 55.2 Å². The summed E-state index contributed by atoms with van der Waals surface area (Å²) in [4.78, 5) is 11.9. The molecule has 1 unspecified atom stereocenters. The second-order valence-electron chi connectivity index (χ2n) is 22.0. The monoisotopic (exact) mass is 942 g/mol. The van der Waals surface area contributed by atoms with Gasteiger partial charge in [0.1, 0.15) is 12.0 Å². The Labute approximate surface area is 428 Å². The molecule has 5 nitrogen and oxygen atoms in total. The molecule has 0 saturated carbocycles. The summed E-state index contributed by atoms with van der Waals surface area (Å²) in [6.07, 6.45) is 14.1. The van der Waals surface area contributed by atoms with E-state index in [0.717, 1.165) is 61.4 Å². The van der Waals surface area contributed by atoms with E-state index in [0.29, 0.717) is 0 Å². The molecule has 1 atom stereocenters. The van der Waals surface area contributed by atoms with Crippen LogP contribution in [-0.2, 0) is 32.2 Å². The summed E-state index contributed by atoms with van der Waals surface area (Å²) in [5.41, 5.74) is 19.9. The van der Waals surface area contributed by atoms with Gasteiger partial charge in [-0.25, -0.2) is 4.98 Å². The molecule has 3 heterocycles. The molecule has 10 rings (SSSR count). The fraction of sp³-hybridized carbons (Fsp3) is 0.224. The number of benzene rings is 7. The largest absolute Gasteiger partial charge is 0.366 e. The predicted molar refractivity (Wildman–Crippen MR) is 301 cm³/mol. The van der Waals surface area contributed by atoms with Crippen molar-refractivity contribution in [1.29, 1.82) is 0 Å². The Morgan fingerprint density at radius 3 is 1.67 bits per heavy atom. The summed E-state index contributed by atoms with van der Waals surface area (Å²) in [7, 11) is 0. The first-order chi connectivity index (χ1) is 34.9. The van der Waals surface area contributed by atoms with Gasteiger partial charge in [-0.15, -0.1) is 0 Å². The average molecular weight is 942 g/mol. The molecule has 360 valence electrons. The topological polar surface area (TPSA) is 46.0 Å². The highest BCUT2D eigenvalue weighted by Gasteiger charge is 2.25. The van der Waals surface area contributed by atoms with Crippen LogP contribution in [0.4, 0.5) is 0 Å². The summed E-state index contributed by atoms with van der Waals surface area (Å²) in [6, 6.07) is 67.3. The van der Waals surface area contributed by atoms with Gasteiger partial charge < -0.3 is 14.8 Å². The Balaban J connectivity index is 0.981. The van der Waals surface area contributed by atoms with E-state index in [1.807, 2.05) is 18.5 Å². The molecule has 0 bridgehead atoms. The molecule has 0 radical (unpaired) electrons. The third kappa shape index (κ3) is 11.5. The average Bonchev–Trinajstić information content (AvgIpc) is 4.06. The maximum absolute atomic E-state index is 4.76. The molecule has 5 heteroatoms. The van der Waals surface area contributed by atoms with Gasteiger partial charge in [0.05, 0.1) is 5.69 Å². The van der Waals surface area contributed by atoms with E-state index >= 15 is 0 Å². The van der Waals surface area contributed by atoms with Gasteiger partial charge in [0.15, 0.2) is 0 Å². The molecule has 0 amide bonds. The Morgan fingerprint density at radius 1 is 0.431 bits per heavy atom. The van der Waals surface area contributed by atoms with E-state index in [4.69, 9.17) is 9.97 Å². The Hall–Kier alpha value is -7.76. The molecule has 0 saturated heterocycles. The second kappa shape index (κ2) is 20.9. The van der Waals surface area contributed by atoms with Crippen molar-refractivity contribution in [3.05, 3.63) is 241 Å². The summed E-state index contributed by atoms with van der Waals surface area (Å²) in [6.45, 7) is 15.6. The zero-order valence-electron chi connectivity index (χ0n) is 42.8. The van der Waals surface area contributed by atoms with Crippen molar-refractivity contribution in [2.45, 2.75) is 79.9 Å². The van der Waals surface area contributed by atoms with E-state index in [9.17, 15) is 0 Å². The third-order valence-corrected chi connectivity index (χ3v) is 13.6. The van der Waals surface area contributed by atoms with E-state index < -0.39 is 0 Å². The van der Waals surface area contributed by atoms with Crippen molar-refractivity contribution in [3.63, 3.8) is 0 Å². The smallest absolute Gasteiger partial charge is 0.139 e. The van der Waals surface area contributed by atoms with Gasteiger partial charge >= 0.3 is 0 Å². The van der Waals surface area contributed by atoms with E-state index in [-0.39, 0.29) is 17.0 Å². The number of nitrogens with one attached hydrogen (secondary N) is 1. The fourth-order valence-electron chi connectivity index (χ4n) is 10.2. The number of rotatable bonds is 15. The molecule has 0 aliphatic carbocycles. The molecule has 1 aliphatic rings. The van der Waals surface area contributed by atoms with Crippen LogP contribution in [-0.4, -0.2) is 26.0 Å². The predicted octanol–water partition coefficient (Wildman–Crippen LogP) is 16.3. The van der Waals surface area contributed by atoms with Gasteiger partial charge in [0.25, 0.3) is 0 Å². The molecule has 0 spiro atoms. The van der Waals surface area contributed by atoms with Crippen LogP contribution in [0.1, 0.15) is 75.5 Å². The molecule has 7 aromatic carbocycles. The molecule has 1 N–H and O–H groups in total. The van der Waals surface area contributed by atoms with Gasteiger partial charge in [-0.2, -0.15) is 0 Å². The number of aromatic nitrogens is 3. The highest BCUT2D eigenvalue weighted by atomic mass is 15.3. The minimum Gasteiger partial charge on any atom is -0.366 e. The van der Waals surface area contributed by atoms with Crippen LogP contribution in [0.5, 0.6) is 0 Å². The molecular formula is C67H67N5. The van der Waals surface area contributed by atoms with Crippen LogP contribution in [0.25, 0.3) is 67.2 Å². The van der Waals surface area contributed by atoms with Crippen molar-refractivity contribution < 1.29 is 0 Å². The highest BCUT2D eigenvalue weighted by Crippen LogP contribution is 2.41. The quantitative estimate of drug-likeness (QED) is 0.111. The highest BCUT2D eigenvalue weighted by molar-refractivity contribution is 5.93. The number of pyridine rings is 1. The number of hydrogen-bond donors (Lipinski definition) is 1. The Kier molecular flexibility index (Phi) is 13.9. The lowest BCUT2D eigenvalue weighted by Gasteiger charge is -2.32. The first-order valence-electron chi connectivity index (χ1n) is 25.7. The number of aryl methyl sites for hydroxylation is 4. The first kappa shape index (κ1) is 47.9. The van der Waals surface area contributed by atoms with Crippen molar-refractivity contribution in [1.82, 2.24) is 24.8 Å². The minimum atomic E-state index is 0.158. The van der Waals surface area contributed by atoms with Gasteiger partial charge in [0.2, 0.25) is 0 Å². The Morgan fingerprint density at radius 2 is 1.00 bits per heavy atom. The maximum Gasteiger partial charge on any atom is 0.139 e. The number of hydrogen-bond acceptors (Lipinski definition) is 4. The zero-order chi connectivity index (χ0) is 49.7. The lowest BCUT2D eigenvalue weighted by Crippen LogP contribution is -2.33. The number of nitrogens with zero attached hydrogens (tertiary/aromatic N) is 4. The maximum atomic E-state index is 4.76. The molecule has 2 aromatic heterocycles.